The average molecular weight is 214 g/mol. The average Bonchev–Trinajstić information content (AvgIpc) is 2.26. The van der Waals surface area contributed by atoms with E-state index in [1.807, 2.05) is 18.7 Å². The molecule has 15 heavy (non-hydrogen) atoms. The summed E-state index contributed by atoms with van der Waals surface area (Å²) in [5.41, 5.74) is 5.50. The molecule has 1 heterocycles. The third-order valence-electron chi connectivity index (χ3n) is 2.73. The van der Waals surface area contributed by atoms with Crippen LogP contribution in [0.5, 0.6) is 0 Å². The van der Waals surface area contributed by atoms with Gasteiger partial charge in [-0.25, -0.2) is 0 Å². The molecule has 0 aromatic heterocycles. The van der Waals surface area contributed by atoms with E-state index >= 15 is 0 Å². The Morgan fingerprint density at radius 3 is 2.73 bits per heavy atom. The van der Waals surface area contributed by atoms with E-state index in [-0.39, 0.29) is 18.1 Å². The smallest absolute Gasteiger partial charge is 0.251 e. The summed E-state index contributed by atoms with van der Waals surface area (Å²) in [6.45, 7) is 5.87. The van der Waals surface area contributed by atoms with Crippen LogP contribution in [0.2, 0.25) is 0 Å². The van der Waals surface area contributed by atoms with Gasteiger partial charge in [-0.05, 0) is 33.1 Å². The van der Waals surface area contributed by atoms with Gasteiger partial charge in [-0.3, -0.25) is 4.79 Å². The van der Waals surface area contributed by atoms with Gasteiger partial charge >= 0.3 is 0 Å². The normalized spacial score (nSPS) is 21.7. The Balaban J connectivity index is 2.53. The first-order chi connectivity index (χ1) is 7.16. The van der Waals surface area contributed by atoms with Gasteiger partial charge in [0.05, 0.1) is 0 Å². The largest absolute Gasteiger partial charge is 0.368 e. The molecule has 1 fully saturated rings. The van der Waals surface area contributed by atoms with E-state index in [1.165, 1.54) is 0 Å². The standard InChI is InChI=1S/C11H22N2O2/c1-9(2)13(7-6-12)11(14)10-5-3-4-8-15-10/h9-10H,3-8,12H2,1-2H3. The number of carbonyl (C=O) groups excluding carboxylic acids is 1. The summed E-state index contributed by atoms with van der Waals surface area (Å²) < 4.78 is 5.49. The van der Waals surface area contributed by atoms with Crippen molar-refractivity contribution in [2.75, 3.05) is 19.7 Å². The van der Waals surface area contributed by atoms with E-state index in [2.05, 4.69) is 0 Å². The summed E-state index contributed by atoms with van der Waals surface area (Å²) in [6, 6.07) is 0.201. The Labute approximate surface area is 91.8 Å². The van der Waals surface area contributed by atoms with Gasteiger partial charge in [0.25, 0.3) is 5.91 Å². The fourth-order valence-corrected chi connectivity index (χ4v) is 1.88. The molecule has 1 aliphatic heterocycles. The lowest BCUT2D eigenvalue weighted by Gasteiger charge is -2.31. The maximum absolute atomic E-state index is 12.1. The monoisotopic (exact) mass is 214 g/mol. The fourth-order valence-electron chi connectivity index (χ4n) is 1.88. The first-order valence-corrected chi connectivity index (χ1v) is 5.79. The van der Waals surface area contributed by atoms with Gasteiger partial charge in [0.1, 0.15) is 6.10 Å². The molecule has 1 aliphatic rings. The molecule has 0 saturated carbocycles. The van der Waals surface area contributed by atoms with E-state index in [0.717, 1.165) is 19.3 Å². The van der Waals surface area contributed by atoms with Gasteiger partial charge in [-0.1, -0.05) is 0 Å². The number of nitrogens with zero attached hydrogens (tertiary/aromatic N) is 1. The van der Waals surface area contributed by atoms with Gasteiger partial charge in [-0.15, -0.1) is 0 Å². The van der Waals surface area contributed by atoms with Gasteiger partial charge < -0.3 is 15.4 Å². The second-order valence-corrected chi connectivity index (χ2v) is 4.27. The number of ether oxygens (including phenoxy) is 1. The molecule has 1 unspecified atom stereocenters. The van der Waals surface area contributed by atoms with Gasteiger partial charge in [-0.2, -0.15) is 0 Å². The molecule has 0 aromatic carbocycles. The maximum Gasteiger partial charge on any atom is 0.251 e. The topological polar surface area (TPSA) is 55.6 Å². The van der Waals surface area contributed by atoms with Crippen LogP contribution in [-0.4, -0.2) is 42.6 Å². The Hall–Kier alpha value is -0.610. The third kappa shape index (κ3) is 3.47. The molecule has 88 valence electrons. The molecule has 0 aliphatic carbocycles. The number of rotatable bonds is 4. The van der Waals surface area contributed by atoms with Crippen LogP contribution in [0, 0.1) is 0 Å². The van der Waals surface area contributed by atoms with Crippen molar-refractivity contribution >= 4 is 5.91 Å². The third-order valence-corrected chi connectivity index (χ3v) is 2.73. The number of carbonyl (C=O) groups is 1. The van der Waals surface area contributed by atoms with Crippen molar-refractivity contribution in [3.8, 4) is 0 Å². The van der Waals surface area contributed by atoms with E-state index in [4.69, 9.17) is 10.5 Å². The molecule has 1 amide bonds. The van der Waals surface area contributed by atoms with Crippen molar-refractivity contribution in [1.82, 2.24) is 4.90 Å². The quantitative estimate of drug-likeness (QED) is 0.751. The second kappa shape index (κ2) is 6.08. The van der Waals surface area contributed by atoms with E-state index in [0.29, 0.717) is 19.7 Å². The summed E-state index contributed by atoms with van der Waals surface area (Å²) in [4.78, 5) is 13.9. The van der Waals surface area contributed by atoms with E-state index < -0.39 is 0 Å². The molecular formula is C11H22N2O2. The predicted molar refractivity (Wildman–Crippen MR) is 59.5 cm³/mol. The summed E-state index contributed by atoms with van der Waals surface area (Å²) in [6.07, 6.45) is 2.78. The lowest BCUT2D eigenvalue weighted by molar-refractivity contribution is -0.148. The zero-order chi connectivity index (χ0) is 11.3. The van der Waals surface area contributed by atoms with Crippen LogP contribution in [0.4, 0.5) is 0 Å². The molecule has 1 saturated heterocycles. The van der Waals surface area contributed by atoms with Crippen LogP contribution in [0.15, 0.2) is 0 Å². The number of hydrogen-bond donors (Lipinski definition) is 1. The van der Waals surface area contributed by atoms with Crippen molar-refractivity contribution in [3.05, 3.63) is 0 Å². The Bertz CT molecular complexity index is 201. The van der Waals surface area contributed by atoms with Crippen LogP contribution in [0.25, 0.3) is 0 Å². The molecular weight excluding hydrogens is 192 g/mol. The molecule has 4 nitrogen and oxygen atoms in total. The van der Waals surface area contributed by atoms with E-state index in [9.17, 15) is 4.79 Å². The highest BCUT2D eigenvalue weighted by atomic mass is 16.5. The summed E-state index contributed by atoms with van der Waals surface area (Å²) >= 11 is 0. The van der Waals surface area contributed by atoms with Crippen LogP contribution < -0.4 is 5.73 Å². The van der Waals surface area contributed by atoms with E-state index in [1.54, 1.807) is 0 Å². The molecule has 0 spiro atoms. The Morgan fingerprint density at radius 1 is 1.53 bits per heavy atom. The first kappa shape index (κ1) is 12.5. The summed E-state index contributed by atoms with van der Waals surface area (Å²) in [7, 11) is 0. The highest BCUT2D eigenvalue weighted by molar-refractivity contribution is 5.81. The number of amides is 1. The van der Waals surface area contributed by atoms with Crippen molar-refractivity contribution in [3.63, 3.8) is 0 Å². The predicted octanol–water partition coefficient (Wildman–Crippen LogP) is 0.751. The maximum atomic E-state index is 12.1. The summed E-state index contributed by atoms with van der Waals surface area (Å²) in [5.74, 6) is 0.107. The SMILES string of the molecule is CC(C)N(CCN)C(=O)C1CCCCO1. The highest BCUT2D eigenvalue weighted by Gasteiger charge is 2.27. The van der Waals surface area contributed by atoms with Crippen molar-refractivity contribution in [1.29, 1.82) is 0 Å². The van der Waals surface area contributed by atoms with Crippen LogP contribution in [-0.2, 0) is 9.53 Å². The fraction of sp³-hybridized carbons (Fsp3) is 0.909. The molecule has 1 atom stereocenters. The molecule has 4 heteroatoms. The summed E-state index contributed by atoms with van der Waals surface area (Å²) in [5, 5.41) is 0. The first-order valence-electron chi connectivity index (χ1n) is 5.79. The van der Waals surface area contributed by atoms with Crippen molar-refractivity contribution in [2.24, 2.45) is 5.73 Å². The number of nitrogens with two attached hydrogens (primary N) is 1. The molecule has 0 radical (unpaired) electrons. The van der Waals surface area contributed by atoms with Crippen LogP contribution >= 0.6 is 0 Å². The van der Waals surface area contributed by atoms with Crippen molar-refractivity contribution in [2.45, 2.75) is 45.3 Å². The minimum atomic E-state index is -0.229. The van der Waals surface area contributed by atoms with Gasteiger partial charge in [0.15, 0.2) is 0 Å². The Kier molecular flexibility index (Phi) is 5.05. The van der Waals surface area contributed by atoms with Crippen LogP contribution in [0.3, 0.4) is 0 Å². The van der Waals surface area contributed by atoms with Gasteiger partial charge in [0.2, 0.25) is 0 Å². The highest BCUT2D eigenvalue weighted by Crippen LogP contribution is 2.16. The minimum absolute atomic E-state index is 0.107. The molecule has 0 bridgehead atoms. The zero-order valence-electron chi connectivity index (χ0n) is 9.74. The van der Waals surface area contributed by atoms with Gasteiger partial charge in [0, 0.05) is 25.7 Å². The molecule has 0 aromatic rings. The minimum Gasteiger partial charge on any atom is -0.368 e. The second-order valence-electron chi connectivity index (χ2n) is 4.27. The molecule has 2 N–H and O–H groups in total. The van der Waals surface area contributed by atoms with Crippen LogP contribution in [0.1, 0.15) is 33.1 Å². The zero-order valence-corrected chi connectivity index (χ0v) is 9.74. The Morgan fingerprint density at radius 2 is 2.27 bits per heavy atom. The lowest BCUT2D eigenvalue weighted by Crippen LogP contribution is -2.47. The number of hydrogen-bond acceptors (Lipinski definition) is 3. The molecule has 1 rings (SSSR count). The van der Waals surface area contributed by atoms with Crippen molar-refractivity contribution < 1.29 is 9.53 Å². The lowest BCUT2D eigenvalue weighted by atomic mass is 10.1.